The zero-order valence-corrected chi connectivity index (χ0v) is 7.47. The van der Waals surface area contributed by atoms with Gasteiger partial charge in [-0.2, -0.15) is 0 Å². The van der Waals surface area contributed by atoms with E-state index < -0.39 is 0 Å². The van der Waals surface area contributed by atoms with Crippen molar-refractivity contribution in [1.82, 2.24) is 0 Å². The van der Waals surface area contributed by atoms with Gasteiger partial charge in [0.25, 0.3) is 0 Å². The Morgan fingerprint density at radius 3 is 2.92 bits per heavy atom. The van der Waals surface area contributed by atoms with Crippen LogP contribution in [0.1, 0.15) is 23.6 Å². The van der Waals surface area contributed by atoms with E-state index in [0.717, 1.165) is 18.4 Å². The first-order valence-electron chi connectivity index (χ1n) is 3.85. The third-order valence-corrected chi connectivity index (χ3v) is 2.25. The molecular weight excluding hydrogens is 174 g/mol. The molecule has 0 fully saturated rings. The SMILES string of the molecule is Cl.NC1CCc2ccc(O)cc21. The minimum absolute atomic E-state index is 0. The Morgan fingerprint density at radius 1 is 1.42 bits per heavy atom. The summed E-state index contributed by atoms with van der Waals surface area (Å²) in [6, 6.07) is 5.58. The highest BCUT2D eigenvalue weighted by molar-refractivity contribution is 5.85. The lowest BCUT2D eigenvalue weighted by Crippen LogP contribution is -2.04. The van der Waals surface area contributed by atoms with Gasteiger partial charge >= 0.3 is 0 Å². The standard InChI is InChI=1S/C9H11NO.ClH/c10-9-4-2-6-1-3-7(11)5-8(6)9;/h1,3,5,9,11H,2,4,10H2;1H. The topological polar surface area (TPSA) is 46.2 Å². The molecular formula is C9H12ClNO. The average molecular weight is 186 g/mol. The maximum Gasteiger partial charge on any atom is 0.115 e. The van der Waals surface area contributed by atoms with E-state index in [4.69, 9.17) is 10.8 Å². The van der Waals surface area contributed by atoms with E-state index in [2.05, 4.69) is 0 Å². The molecule has 1 aliphatic carbocycles. The van der Waals surface area contributed by atoms with Crippen molar-refractivity contribution in [2.45, 2.75) is 18.9 Å². The molecule has 0 saturated carbocycles. The Morgan fingerprint density at radius 2 is 2.17 bits per heavy atom. The molecule has 1 atom stereocenters. The lowest BCUT2D eigenvalue weighted by molar-refractivity contribution is 0.474. The van der Waals surface area contributed by atoms with Crippen LogP contribution in [0.3, 0.4) is 0 Å². The van der Waals surface area contributed by atoms with E-state index in [-0.39, 0.29) is 18.4 Å². The number of nitrogens with two attached hydrogens (primary N) is 1. The van der Waals surface area contributed by atoms with Crippen molar-refractivity contribution < 1.29 is 5.11 Å². The molecule has 0 heterocycles. The van der Waals surface area contributed by atoms with Gasteiger partial charge in [-0.3, -0.25) is 0 Å². The molecule has 0 amide bonds. The number of aryl methyl sites for hydroxylation is 1. The fourth-order valence-corrected chi connectivity index (χ4v) is 1.62. The van der Waals surface area contributed by atoms with Crippen LogP contribution in [0.4, 0.5) is 0 Å². The van der Waals surface area contributed by atoms with Gasteiger partial charge in [0.05, 0.1) is 0 Å². The Labute approximate surface area is 77.8 Å². The molecule has 0 bridgehead atoms. The molecule has 0 aromatic heterocycles. The lowest BCUT2D eigenvalue weighted by atomic mass is 10.1. The molecule has 0 aliphatic heterocycles. The third kappa shape index (κ3) is 1.40. The van der Waals surface area contributed by atoms with Gasteiger partial charge in [-0.1, -0.05) is 6.07 Å². The molecule has 0 radical (unpaired) electrons. The second-order valence-corrected chi connectivity index (χ2v) is 3.03. The number of aromatic hydroxyl groups is 1. The molecule has 2 nitrogen and oxygen atoms in total. The maximum absolute atomic E-state index is 9.16. The number of hydrogen-bond donors (Lipinski definition) is 2. The quantitative estimate of drug-likeness (QED) is 0.647. The van der Waals surface area contributed by atoms with Gasteiger partial charge in [-0.15, -0.1) is 12.4 Å². The molecule has 0 saturated heterocycles. The summed E-state index contributed by atoms with van der Waals surface area (Å²) >= 11 is 0. The van der Waals surface area contributed by atoms with Crippen LogP contribution in [0.15, 0.2) is 18.2 Å². The first-order valence-corrected chi connectivity index (χ1v) is 3.85. The van der Waals surface area contributed by atoms with E-state index in [0.29, 0.717) is 5.75 Å². The molecule has 2 rings (SSSR count). The van der Waals surface area contributed by atoms with Gasteiger partial charge in [0.15, 0.2) is 0 Å². The lowest BCUT2D eigenvalue weighted by Gasteiger charge is -2.03. The Kier molecular flexibility index (Phi) is 2.60. The minimum Gasteiger partial charge on any atom is -0.508 e. The van der Waals surface area contributed by atoms with Crippen molar-refractivity contribution in [3.05, 3.63) is 29.3 Å². The van der Waals surface area contributed by atoms with Gasteiger partial charge in [0.1, 0.15) is 5.75 Å². The highest BCUT2D eigenvalue weighted by atomic mass is 35.5. The van der Waals surface area contributed by atoms with E-state index in [1.54, 1.807) is 12.1 Å². The molecule has 1 aliphatic rings. The molecule has 1 aromatic rings. The summed E-state index contributed by atoms with van der Waals surface area (Å²) < 4.78 is 0. The fourth-order valence-electron chi connectivity index (χ4n) is 1.62. The zero-order valence-electron chi connectivity index (χ0n) is 6.66. The van der Waals surface area contributed by atoms with Gasteiger partial charge in [0, 0.05) is 6.04 Å². The molecule has 1 aromatic carbocycles. The third-order valence-electron chi connectivity index (χ3n) is 2.25. The number of hydrogen-bond acceptors (Lipinski definition) is 2. The second kappa shape index (κ2) is 3.33. The largest absolute Gasteiger partial charge is 0.508 e. The van der Waals surface area contributed by atoms with Gasteiger partial charge in [-0.25, -0.2) is 0 Å². The Bertz CT molecular complexity index is 288. The number of rotatable bonds is 0. The minimum atomic E-state index is 0. The summed E-state index contributed by atoms with van der Waals surface area (Å²) in [4.78, 5) is 0. The fraction of sp³-hybridized carbons (Fsp3) is 0.333. The second-order valence-electron chi connectivity index (χ2n) is 3.03. The number of phenols is 1. The summed E-state index contributed by atoms with van der Waals surface area (Å²) in [5.41, 5.74) is 8.21. The van der Waals surface area contributed by atoms with Crippen LogP contribution in [0.5, 0.6) is 5.75 Å². The van der Waals surface area contributed by atoms with Crippen LogP contribution in [0.2, 0.25) is 0 Å². The van der Waals surface area contributed by atoms with Crippen LogP contribution in [-0.4, -0.2) is 5.11 Å². The molecule has 3 heteroatoms. The summed E-state index contributed by atoms with van der Waals surface area (Å²) in [6.07, 6.45) is 2.07. The number of benzene rings is 1. The van der Waals surface area contributed by atoms with Crippen molar-refractivity contribution in [2.75, 3.05) is 0 Å². The summed E-state index contributed by atoms with van der Waals surface area (Å²) in [7, 11) is 0. The maximum atomic E-state index is 9.16. The van der Waals surface area contributed by atoms with Gasteiger partial charge in [0.2, 0.25) is 0 Å². The number of fused-ring (bicyclic) bond motifs is 1. The van der Waals surface area contributed by atoms with E-state index >= 15 is 0 Å². The normalized spacial score (nSPS) is 19.9. The molecule has 1 unspecified atom stereocenters. The van der Waals surface area contributed by atoms with Crippen molar-refractivity contribution in [2.24, 2.45) is 5.73 Å². The van der Waals surface area contributed by atoms with Gasteiger partial charge in [-0.05, 0) is 36.1 Å². The van der Waals surface area contributed by atoms with E-state index in [9.17, 15) is 0 Å². The molecule has 66 valence electrons. The van der Waals surface area contributed by atoms with Gasteiger partial charge < -0.3 is 10.8 Å². The molecule has 12 heavy (non-hydrogen) atoms. The van der Waals surface area contributed by atoms with E-state index in [1.165, 1.54) is 5.56 Å². The predicted octanol–water partition coefficient (Wildman–Crippen LogP) is 1.76. The van der Waals surface area contributed by atoms with Crippen LogP contribution in [0, 0.1) is 0 Å². The van der Waals surface area contributed by atoms with Crippen molar-refractivity contribution in [1.29, 1.82) is 0 Å². The Balaban J connectivity index is 0.000000720. The first-order chi connectivity index (χ1) is 5.27. The van der Waals surface area contributed by atoms with E-state index in [1.807, 2.05) is 6.07 Å². The number of phenolic OH excluding ortho intramolecular Hbond substituents is 1. The highest BCUT2D eigenvalue weighted by Gasteiger charge is 2.18. The van der Waals surface area contributed by atoms with Crippen molar-refractivity contribution in [3.8, 4) is 5.75 Å². The summed E-state index contributed by atoms with van der Waals surface area (Å²) in [5, 5.41) is 9.16. The van der Waals surface area contributed by atoms with Crippen LogP contribution >= 0.6 is 12.4 Å². The molecule has 0 spiro atoms. The number of halogens is 1. The summed E-state index contributed by atoms with van der Waals surface area (Å²) in [5.74, 6) is 0.320. The molecule has 3 N–H and O–H groups in total. The summed E-state index contributed by atoms with van der Waals surface area (Å²) in [6.45, 7) is 0. The Hall–Kier alpha value is -0.730. The highest BCUT2D eigenvalue weighted by Crippen LogP contribution is 2.31. The van der Waals surface area contributed by atoms with Crippen LogP contribution < -0.4 is 5.73 Å². The average Bonchev–Trinajstić information content (AvgIpc) is 2.33. The monoisotopic (exact) mass is 185 g/mol. The first kappa shape index (κ1) is 9.36. The van der Waals surface area contributed by atoms with Crippen molar-refractivity contribution >= 4 is 12.4 Å². The predicted molar refractivity (Wildman–Crippen MR) is 50.6 cm³/mol. The van der Waals surface area contributed by atoms with Crippen LogP contribution in [-0.2, 0) is 6.42 Å². The zero-order chi connectivity index (χ0) is 7.84. The smallest absolute Gasteiger partial charge is 0.115 e. The van der Waals surface area contributed by atoms with Crippen LogP contribution in [0.25, 0.3) is 0 Å². The van der Waals surface area contributed by atoms with Crippen molar-refractivity contribution in [3.63, 3.8) is 0 Å².